The number of halogens is 3. The predicted octanol–water partition coefficient (Wildman–Crippen LogP) is 0.517. The molecule has 0 aliphatic heterocycles. The van der Waals surface area contributed by atoms with Crippen molar-refractivity contribution in [1.29, 1.82) is 0 Å². The van der Waals surface area contributed by atoms with Crippen LogP contribution < -0.4 is 11.3 Å². The second kappa shape index (κ2) is 6.39. The minimum absolute atomic E-state index is 0.178. The van der Waals surface area contributed by atoms with Gasteiger partial charge in [-0.05, 0) is 24.3 Å². The van der Waals surface area contributed by atoms with E-state index in [0.717, 1.165) is 12.1 Å². The van der Waals surface area contributed by atoms with Crippen LogP contribution in [-0.4, -0.2) is 43.7 Å². The van der Waals surface area contributed by atoms with E-state index in [-0.39, 0.29) is 9.20 Å². The number of hydrogen-bond acceptors (Lipinski definition) is 5. The van der Waals surface area contributed by atoms with Crippen molar-refractivity contribution >= 4 is 15.7 Å². The fourth-order valence-electron chi connectivity index (χ4n) is 1.47. The summed E-state index contributed by atoms with van der Waals surface area (Å²) < 4.78 is 61.4. The van der Waals surface area contributed by atoms with Crippen LogP contribution in [0.25, 0.3) is 0 Å². The summed E-state index contributed by atoms with van der Waals surface area (Å²) in [5.74, 6) is 5.11. The molecule has 0 spiro atoms. The quantitative estimate of drug-likeness (QED) is 0.525. The van der Waals surface area contributed by atoms with Gasteiger partial charge in [0.2, 0.25) is 10.0 Å². The van der Waals surface area contributed by atoms with E-state index in [0.29, 0.717) is 5.69 Å². The summed E-state index contributed by atoms with van der Waals surface area (Å²) >= 11 is 0. The van der Waals surface area contributed by atoms with E-state index < -0.39 is 35.9 Å². The topological polar surface area (TPSA) is 95.7 Å². The van der Waals surface area contributed by atoms with Gasteiger partial charge in [0.15, 0.2) is 0 Å². The van der Waals surface area contributed by atoms with Gasteiger partial charge in [0.05, 0.1) is 11.5 Å². The third-order valence-electron chi connectivity index (χ3n) is 2.36. The van der Waals surface area contributed by atoms with Crippen LogP contribution in [0, 0.1) is 0 Å². The Hall–Kier alpha value is -1.36. The predicted molar refractivity (Wildman–Crippen MR) is 66.2 cm³/mol. The maximum absolute atomic E-state index is 12.4. The number of nitrogen functional groups attached to an aromatic ring is 1. The van der Waals surface area contributed by atoms with Crippen LogP contribution in [0.5, 0.6) is 0 Å². The van der Waals surface area contributed by atoms with Crippen LogP contribution in [0.3, 0.4) is 0 Å². The Kier molecular flexibility index (Phi) is 5.34. The maximum atomic E-state index is 12.4. The smallest absolute Gasteiger partial charge is 0.395 e. The van der Waals surface area contributed by atoms with Crippen molar-refractivity contribution in [3.8, 4) is 0 Å². The average molecular weight is 313 g/mol. The van der Waals surface area contributed by atoms with Crippen molar-refractivity contribution in [3.05, 3.63) is 24.3 Å². The number of nitrogens with zero attached hydrogens (tertiary/aromatic N) is 1. The molecule has 114 valence electrons. The molecule has 20 heavy (non-hydrogen) atoms. The zero-order valence-corrected chi connectivity index (χ0v) is 11.1. The molecule has 0 amide bonds. The number of benzene rings is 1. The summed E-state index contributed by atoms with van der Waals surface area (Å²) in [6.07, 6.45) is -4.69. The molecule has 0 radical (unpaired) electrons. The Balaban J connectivity index is 3.08. The zero-order valence-electron chi connectivity index (χ0n) is 10.3. The molecule has 1 rings (SSSR count). The van der Waals surface area contributed by atoms with Gasteiger partial charge in [0, 0.05) is 12.2 Å². The highest BCUT2D eigenvalue weighted by atomic mass is 32.2. The number of nitrogens with one attached hydrogen (secondary N) is 1. The van der Waals surface area contributed by atoms with Crippen LogP contribution >= 0.6 is 0 Å². The number of hydrogen-bond donors (Lipinski definition) is 3. The van der Waals surface area contributed by atoms with Crippen molar-refractivity contribution in [2.24, 2.45) is 5.84 Å². The molecule has 1 aromatic carbocycles. The summed E-state index contributed by atoms with van der Waals surface area (Å²) in [7, 11) is -4.34. The summed E-state index contributed by atoms with van der Waals surface area (Å²) in [6.45, 7) is -3.01. The Labute approximate surface area is 114 Å². The largest absolute Gasteiger partial charge is 0.402 e. The number of alkyl halides is 3. The molecule has 4 N–H and O–H groups in total. The molecular formula is C10H14F3N3O3S. The zero-order chi connectivity index (χ0) is 15.4. The Morgan fingerprint density at radius 1 is 1.25 bits per heavy atom. The van der Waals surface area contributed by atoms with E-state index >= 15 is 0 Å². The number of hydrazine groups is 1. The number of sulfonamides is 1. The van der Waals surface area contributed by atoms with Gasteiger partial charge in [0.25, 0.3) is 0 Å². The third kappa shape index (κ3) is 4.34. The van der Waals surface area contributed by atoms with Crippen LogP contribution in [0.15, 0.2) is 29.2 Å². The highest BCUT2D eigenvalue weighted by Gasteiger charge is 2.36. The van der Waals surface area contributed by atoms with Crippen molar-refractivity contribution < 1.29 is 26.7 Å². The third-order valence-corrected chi connectivity index (χ3v) is 4.22. The molecule has 10 heteroatoms. The Bertz CT molecular complexity index is 531. The molecule has 0 bridgehead atoms. The first-order valence-corrected chi connectivity index (χ1v) is 6.89. The molecule has 0 aromatic heterocycles. The van der Waals surface area contributed by atoms with Gasteiger partial charge < -0.3 is 10.5 Å². The van der Waals surface area contributed by atoms with Crippen molar-refractivity contribution in [1.82, 2.24) is 4.31 Å². The van der Waals surface area contributed by atoms with Gasteiger partial charge in [-0.25, -0.2) is 8.42 Å². The molecule has 1 aromatic rings. The van der Waals surface area contributed by atoms with Crippen molar-refractivity contribution in [2.45, 2.75) is 11.1 Å². The molecule has 0 aliphatic rings. The van der Waals surface area contributed by atoms with Crippen LogP contribution in [0.4, 0.5) is 18.9 Å². The summed E-state index contributed by atoms with van der Waals surface area (Å²) in [5, 5.41) is 8.73. The second-order valence-electron chi connectivity index (χ2n) is 3.85. The van der Waals surface area contributed by atoms with E-state index in [1.54, 1.807) is 0 Å². The Morgan fingerprint density at radius 3 is 2.20 bits per heavy atom. The van der Waals surface area contributed by atoms with Gasteiger partial charge in [-0.2, -0.15) is 17.5 Å². The summed E-state index contributed by atoms with van der Waals surface area (Å²) in [6, 6.07) is 4.89. The summed E-state index contributed by atoms with van der Waals surface area (Å²) in [4.78, 5) is -0.311. The van der Waals surface area contributed by atoms with E-state index in [1.165, 1.54) is 12.1 Å². The highest BCUT2D eigenvalue weighted by Crippen LogP contribution is 2.23. The Morgan fingerprint density at radius 2 is 1.80 bits per heavy atom. The van der Waals surface area contributed by atoms with Crippen LogP contribution in [0.2, 0.25) is 0 Å². The lowest BCUT2D eigenvalue weighted by atomic mass is 10.3. The van der Waals surface area contributed by atoms with Gasteiger partial charge in [0.1, 0.15) is 6.54 Å². The first kappa shape index (κ1) is 16.7. The van der Waals surface area contributed by atoms with Gasteiger partial charge >= 0.3 is 6.18 Å². The molecular weight excluding hydrogens is 299 g/mol. The first-order valence-electron chi connectivity index (χ1n) is 5.45. The first-order chi connectivity index (χ1) is 9.20. The lowest BCUT2D eigenvalue weighted by Gasteiger charge is -2.22. The van der Waals surface area contributed by atoms with Gasteiger partial charge in [-0.3, -0.25) is 5.84 Å². The molecule has 0 heterocycles. The molecule has 0 aliphatic carbocycles. The highest BCUT2D eigenvalue weighted by molar-refractivity contribution is 7.89. The number of aliphatic hydroxyl groups excluding tert-OH is 1. The molecule has 6 nitrogen and oxygen atoms in total. The number of rotatable bonds is 6. The van der Waals surface area contributed by atoms with E-state index in [9.17, 15) is 21.6 Å². The monoisotopic (exact) mass is 313 g/mol. The standard InChI is InChI=1S/C10H14F3N3O3S/c11-10(12,13)7-16(5-6-17)20(18,19)9-3-1-8(15-14)2-4-9/h1-4,15,17H,5-7,14H2. The minimum atomic E-state index is -4.69. The SMILES string of the molecule is NNc1ccc(S(=O)(=O)N(CCO)CC(F)(F)F)cc1. The van der Waals surface area contributed by atoms with E-state index in [2.05, 4.69) is 5.43 Å². The normalized spacial score (nSPS) is 12.7. The molecule has 0 atom stereocenters. The average Bonchev–Trinajstić information content (AvgIpc) is 2.37. The van der Waals surface area contributed by atoms with Gasteiger partial charge in [-0.15, -0.1) is 0 Å². The fourth-order valence-corrected chi connectivity index (χ4v) is 2.88. The minimum Gasteiger partial charge on any atom is -0.395 e. The lowest BCUT2D eigenvalue weighted by Crippen LogP contribution is -2.40. The number of nitrogens with two attached hydrogens (primary N) is 1. The van der Waals surface area contributed by atoms with Crippen molar-refractivity contribution in [2.75, 3.05) is 25.1 Å². The summed E-state index contributed by atoms with van der Waals surface area (Å²) in [5.41, 5.74) is 2.68. The maximum Gasteiger partial charge on any atom is 0.402 e. The number of anilines is 1. The van der Waals surface area contributed by atoms with Crippen LogP contribution in [-0.2, 0) is 10.0 Å². The van der Waals surface area contributed by atoms with Gasteiger partial charge in [-0.1, -0.05) is 0 Å². The molecule has 0 unspecified atom stereocenters. The second-order valence-corrected chi connectivity index (χ2v) is 5.78. The van der Waals surface area contributed by atoms with Crippen molar-refractivity contribution in [3.63, 3.8) is 0 Å². The van der Waals surface area contributed by atoms with E-state index in [1.807, 2.05) is 0 Å². The van der Waals surface area contributed by atoms with E-state index in [4.69, 9.17) is 10.9 Å². The fraction of sp³-hybridized carbons (Fsp3) is 0.400. The van der Waals surface area contributed by atoms with Crippen LogP contribution in [0.1, 0.15) is 0 Å². The molecule has 0 fully saturated rings. The molecule has 0 saturated carbocycles. The number of aliphatic hydroxyl groups is 1. The lowest BCUT2D eigenvalue weighted by molar-refractivity contribution is -0.136. The molecule has 0 saturated heterocycles.